The smallest absolute Gasteiger partial charge is 0.123 e. The van der Waals surface area contributed by atoms with Gasteiger partial charge >= 0.3 is 0 Å². The van der Waals surface area contributed by atoms with E-state index in [9.17, 15) is 4.39 Å². The monoisotopic (exact) mass is 252 g/mol. The molecule has 4 heteroatoms. The van der Waals surface area contributed by atoms with Crippen LogP contribution in [-0.4, -0.2) is 30.7 Å². The number of halogens is 1. The van der Waals surface area contributed by atoms with E-state index in [0.717, 1.165) is 43.8 Å². The molecule has 1 unspecified atom stereocenters. The molecule has 0 radical (unpaired) electrons. The summed E-state index contributed by atoms with van der Waals surface area (Å²) < 4.78 is 18.8. The molecule has 1 saturated heterocycles. The van der Waals surface area contributed by atoms with E-state index in [-0.39, 0.29) is 5.82 Å². The van der Waals surface area contributed by atoms with E-state index in [4.69, 9.17) is 10.5 Å². The molecule has 2 N–H and O–H groups in total. The quantitative estimate of drug-likeness (QED) is 0.889. The molecule has 0 aliphatic carbocycles. The van der Waals surface area contributed by atoms with Crippen molar-refractivity contribution in [2.45, 2.75) is 32.5 Å². The van der Waals surface area contributed by atoms with Gasteiger partial charge in [0.25, 0.3) is 0 Å². The molecule has 0 aromatic heterocycles. The summed E-state index contributed by atoms with van der Waals surface area (Å²) in [6.45, 7) is 5.99. The van der Waals surface area contributed by atoms with Crippen molar-refractivity contribution in [3.8, 4) is 0 Å². The van der Waals surface area contributed by atoms with Crippen molar-refractivity contribution in [1.29, 1.82) is 0 Å². The van der Waals surface area contributed by atoms with E-state index in [0.29, 0.717) is 12.6 Å². The number of benzene rings is 1. The molecule has 3 nitrogen and oxygen atoms in total. The second-order valence-corrected chi connectivity index (χ2v) is 4.75. The number of morpholine rings is 1. The number of nitrogens with zero attached hydrogens (tertiary/aromatic N) is 1. The van der Waals surface area contributed by atoms with Gasteiger partial charge in [0.15, 0.2) is 0 Å². The van der Waals surface area contributed by atoms with Crippen LogP contribution < -0.4 is 5.73 Å². The molecule has 100 valence electrons. The Labute approximate surface area is 108 Å². The van der Waals surface area contributed by atoms with Crippen molar-refractivity contribution >= 4 is 0 Å². The lowest BCUT2D eigenvalue weighted by Gasteiger charge is -2.32. The zero-order valence-corrected chi connectivity index (χ0v) is 10.9. The lowest BCUT2D eigenvalue weighted by atomic mass is 10.1. The van der Waals surface area contributed by atoms with Gasteiger partial charge in [-0.2, -0.15) is 0 Å². The minimum absolute atomic E-state index is 0.215. The van der Waals surface area contributed by atoms with Gasteiger partial charge in [-0.15, -0.1) is 0 Å². The van der Waals surface area contributed by atoms with Crippen molar-refractivity contribution in [2.24, 2.45) is 5.73 Å². The molecule has 0 spiro atoms. The number of hydrogen-bond acceptors (Lipinski definition) is 3. The molecule has 1 fully saturated rings. The summed E-state index contributed by atoms with van der Waals surface area (Å²) in [6.07, 6.45) is 1.35. The third kappa shape index (κ3) is 3.28. The summed E-state index contributed by atoms with van der Waals surface area (Å²) in [5.41, 5.74) is 7.69. The van der Waals surface area contributed by atoms with Crippen LogP contribution in [0.15, 0.2) is 18.2 Å². The topological polar surface area (TPSA) is 38.5 Å². The summed E-state index contributed by atoms with van der Waals surface area (Å²) in [4.78, 5) is 2.35. The normalized spacial score (nSPS) is 21.2. The van der Waals surface area contributed by atoms with Gasteiger partial charge in [0.05, 0.1) is 12.7 Å². The minimum atomic E-state index is -0.215. The fourth-order valence-electron chi connectivity index (χ4n) is 2.35. The van der Waals surface area contributed by atoms with E-state index in [1.807, 2.05) is 6.07 Å². The maximum absolute atomic E-state index is 13.1. The second kappa shape index (κ2) is 6.27. The predicted octanol–water partition coefficient (Wildman–Crippen LogP) is 1.90. The van der Waals surface area contributed by atoms with Gasteiger partial charge < -0.3 is 10.5 Å². The van der Waals surface area contributed by atoms with Crippen molar-refractivity contribution in [3.63, 3.8) is 0 Å². The highest BCUT2D eigenvalue weighted by Crippen LogP contribution is 2.16. The first-order valence-corrected chi connectivity index (χ1v) is 6.54. The number of ether oxygens (including phenoxy) is 1. The fraction of sp³-hybridized carbons (Fsp3) is 0.571. The van der Waals surface area contributed by atoms with Gasteiger partial charge in [-0.3, -0.25) is 4.90 Å². The Hall–Kier alpha value is -0.970. The van der Waals surface area contributed by atoms with Crippen LogP contribution in [0.4, 0.5) is 4.39 Å². The van der Waals surface area contributed by atoms with Gasteiger partial charge in [-0.1, -0.05) is 13.0 Å². The van der Waals surface area contributed by atoms with Crippen LogP contribution in [0.1, 0.15) is 24.5 Å². The summed E-state index contributed by atoms with van der Waals surface area (Å²) in [7, 11) is 0. The Bertz CT molecular complexity index is 397. The van der Waals surface area contributed by atoms with Crippen molar-refractivity contribution < 1.29 is 9.13 Å². The first-order valence-electron chi connectivity index (χ1n) is 6.54. The molecule has 0 bridgehead atoms. The van der Waals surface area contributed by atoms with E-state index in [2.05, 4.69) is 11.8 Å². The molecule has 0 amide bonds. The Kier molecular flexibility index (Phi) is 4.69. The van der Waals surface area contributed by atoms with Crippen LogP contribution in [0.3, 0.4) is 0 Å². The Balaban J connectivity index is 2.04. The molecule has 1 aromatic carbocycles. The maximum Gasteiger partial charge on any atom is 0.123 e. The highest BCUT2D eigenvalue weighted by molar-refractivity contribution is 5.27. The summed E-state index contributed by atoms with van der Waals surface area (Å²) in [6, 6.07) is 4.88. The summed E-state index contributed by atoms with van der Waals surface area (Å²) >= 11 is 0. The molecule has 2 rings (SSSR count). The number of nitrogens with two attached hydrogens (primary N) is 1. The Morgan fingerprint density at radius 2 is 2.28 bits per heavy atom. The standard InChI is InChI=1S/C14H21FN2O/c1-2-14-10-17(5-6-18-14)9-11-3-4-13(15)7-12(11)8-16/h3-4,7,14H,2,5-6,8-10,16H2,1H3. The average molecular weight is 252 g/mol. The summed E-state index contributed by atoms with van der Waals surface area (Å²) in [5.74, 6) is -0.215. The SMILES string of the molecule is CCC1CN(Cc2ccc(F)cc2CN)CCO1. The predicted molar refractivity (Wildman–Crippen MR) is 69.6 cm³/mol. The lowest BCUT2D eigenvalue weighted by molar-refractivity contribution is -0.0325. The van der Waals surface area contributed by atoms with Gasteiger partial charge in [0.2, 0.25) is 0 Å². The van der Waals surface area contributed by atoms with Gasteiger partial charge in [-0.05, 0) is 29.7 Å². The lowest BCUT2D eigenvalue weighted by Crippen LogP contribution is -2.41. The van der Waals surface area contributed by atoms with Crippen molar-refractivity contribution in [1.82, 2.24) is 4.90 Å². The van der Waals surface area contributed by atoms with Crippen molar-refractivity contribution in [3.05, 3.63) is 35.1 Å². The van der Waals surface area contributed by atoms with Gasteiger partial charge in [0.1, 0.15) is 5.82 Å². The summed E-state index contributed by atoms with van der Waals surface area (Å²) in [5, 5.41) is 0. The van der Waals surface area contributed by atoms with Gasteiger partial charge in [0, 0.05) is 26.2 Å². The van der Waals surface area contributed by atoms with Gasteiger partial charge in [-0.25, -0.2) is 4.39 Å². The van der Waals surface area contributed by atoms with E-state index in [1.54, 1.807) is 0 Å². The van der Waals surface area contributed by atoms with Crippen LogP contribution in [0, 0.1) is 5.82 Å². The van der Waals surface area contributed by atoms with E-state index < -0.39 is 0 Å². The van der Waals surface area contributed by atoms with Crippen LogP contribution >= 0.6 is 0 Å². The molecule has 1 aromatic rings. The molecule has 0 saturated carbocycles. The Morgan fingerprint density at radius 3 is 3.00 bits per heavy atom. The molecular weight excluding hydrogens is 231 g/mol. The highest BCUT2D eigenvalue weighted by atomic mass is 19.1. The second-order valence-electron chi connectivity index (χ2n) is 4.75. The van der Waals surface area contributed by atoms with Crippen LogP contribution in [0.25, 0.3) is 0 Å². The van der Waals surface area contributed by atoms with Crippen LogP contribution in [0.2, 0.25) is 0 Å². The molecule has 1 aliphatic heterocycles. The largest absolute Gasteiger partial charge is 0.376 e. The highest BCUT2D eigenvalue weighted by Gasteiger charge is 2.19. The van der Waals surface area contributed by atoms with Crippen molar-refractivity contribution in [2.75, 3.05) is 19.7 Å². The Morgan fingerprint density at radius 1 is 1.44 bits per heavy atom. The fourth-order valence-corrected chi connectivity index (χ4v) is 2.35. The third-order valence-electron chi connectivity index (χ3n) is 3.46. The van der Waals surface area contributed by atoms with Crippen LogP contribution in [0.5, 0.6) is 0 Å². The zero-order chi connectivity index (χ0) is 13.0. The van der Waals surface area contributed by atoms with E-state index >= 15 is 0 Å². The molecule has 1 aliphatic rings. The first-order chi connectivity index (χ1) is 8.72. The zero-order valence-electron chi connectivity index (χ0n) is 10.9. The molecular formula is C14H21FN2O. The first kappa shape index (κ1) is 13.5. The molecule has 1 heterocycles. The number of hydrogen-bond donors (Lipinski definition) is 1. The third-order valence-corrected chi connectivity index (χ3v) is 3.46. The molecule has 18 heavy (non-hydrogen) atoms. The number of rotatable bonds is 4. The molecule has 1 atom stereocenters. The average Bonchev–Trinajstić information content (AvgIpc) is 2.41. The maximum atomic E-state index is 13.1. The van der Waals surface area contributed by atoms with Crippen LogP contribution in [-0.2, 0) is 17.8 Å². The minimum Gasteiger partial charge on any atom is -0.376 e. The van der Waals surface area contributed by atoms with E-state index in [1.165, 1.54) is 12.1 Å².